The molecule has 0 saturated carbocycles. The van der Waals surface area contributed by atoms with Gasteiger partial charge in [0.1, 0.15) is 18.3 Å². The molecule has 1 amide bonds. The smallest absolute Gasteiger partial charge is 0.219 e. The van der Waals surface area contributed by atoms with Crippen molar-refractivity contribution in [2.24, 2.45) is 0 Å². The van der Waals surface area contributed by atoms with Crippen LogP contribution in [-0.2, 0) is 14.3 Å². The summed E-state index contributed by atoms with van der Waals surface area (Å²) >= 11 is 0. The Morgan fingerprint density at radius 3 is 2.46 bits per heavy atom. The Labute approximate surface area is 154 Å². The van der Waals surface area contributed by atoms with E-state index in [1.807, 2.05) is 4.90 Å². The third-order valence-electron chi connectivity index (χ3n) is 4.57. The van der Waals surface area contributed by atoms with Crippen molar-refractivity contribution in [1.29, 1.82) is 0 Å². The highest BCUT2D eigenvalue weighted by atomic mass is 16.7. The molecule has 26 heavy (non-hydrogen) atoms. The molecule has 1 aliphatic heterocycles. The molecular weight excluding hydrogens is 344 g/mol. The van der Waals surface area contributed by atoms with Crippen LogP contribution in [0.15, 0.2) is 0 Å². The van der Waals surface area contributed by atoms with E-state index in [2.05, 4.69) is 5.32 Å². The molecule has 0 bridgehead atoms. The second-order valence-electron chi connectivity index (χ2n) is 6.60. The highest BCUT2D eigenvalue weighted by Gasteiger charge is 2.42. The lowest BCUT2D eigenvalue weighted by atomic mass is 10.0. The molecule has 0 aromatic carbocycles. The first-order valence-corrected chi connectivity index (χ1v) is 9.25. The molecule has 0 unspecified atom stereocenters. The Balaban J connectivity index is 2.27. The molecule has 1 heterocycles. The molecular formula is C17H34N2O7. The summed E-state index contributed by atoms with van der Waals surface area (Å²) in [5, 5.41) is 41.1. The maximum absolute atomic E-state index is 11.2. The van der Waals surface area contributed by atoms with Crippen LogP contribution in [0.1, 0.15) is 32.6 Å². The summed E-state index contributed by atoms with van der Waals surface area (Å²) in [6.45, 7) is 3.70. The SMILES string of the molecule is CNC(=O)CCCCCN(CCO)CCO[C@@H]1O[C@@H](C)[C@@H](O)[C@@H](O)[C@@H]1O. The lowest BCUT2D eigenvalue weighted by Crippen LogP contribution is -2.57. The summed E-state index contributed by atoms with van der Waals surface area (Å²) in [5.41, 5.74) is 0. The number of hydrogen-bond acceptors (Lipinski definition) is 8. The average Bonchev–Trinajstić information content (AvgIpc) is 2.63. The highest BCUT2D eigenvalue weighted by molar-refractivity contribution is 5.75. The maximum Gasteiger partial charge on any atom is 0.219 e. The molecule has 9 nitrogen and oxygen atoms in total. The Kier molecular flexibility index (Phi) is 11.2. The highest BCUT2D eigenvalue weighted by Crippen LogP contribution is 2.21. The number of rotatable bonds is 12. The van der Waals surface area contributed by atoms with Gasteiger partial charge in [-0.15, -0.1) is 0 Å². The second-order valence-corrected chi connectivity index (χ2v) is 6.60. The number of unbranched alkanes of at least 4 members (excludes halogenated alkanes) is 2. The third kappa shape index (κ3) is 7.83. The van der Waals surface area contributed by atoms with Gasteiger partial charge in [0.05, 0.1) is 19.3 Å². The Morgan fingerprint density at radius 1 is 1.08 bits per heavy atom. The third-order valence-corrected chi connectivity index (χ3v) is 4.57. The van der Waals surface area contributed by atoms with E-state index in [1.165, 1.54) is 0 Å². The summed E-state index contributed by atoms with van der Waals surface area (Å²) < 4.78 is 10.9. The second kappa shape index (κ2) is 12.6. The van der Waals surface area contributed by atoms with Crippen molar-refractivity contribution < 1.29 is 34.7 Å². The van der Waals surface area contributed by atoms with Gasteiger partial charge in [-0.2, -0.15) is 0 Å². The molecule has 0 spiro atoms. The fourth-order valence-electron chi connectivity index (χ4n) is 2.85. The Hall–Kier alpha value is -0.810. The van der Waals surface area contributed by atoms with Gasteiger partial charge < -0.3 is 35.2 Å². The van der Waals surface area contributed by atoms with E-state index in [0.29, 0.717) is 19.5 Å². The topological polar surface area (TPSA) is 132 Å². The number of nitrogens with one attached hydrogen (secondary N) is 1. The van der Waals surface area contributed by atoms with Gasteiger partial charge in [-0.3, -0.25) is 9.69 Å². The molecule has 1 aliphatic rings. The van der Waals surface area contributed by atoms with E-state index in [1.54, 1.807) is 14.0 Å². The fraction of sp³-hybridized carbons (Fsp3) is 0.941. The van der Waals surface area contributed by atoms with Crippen LogP contribution in [0.4, 0.5) is 0 Å². The summed E-state index contributed by atoms with van der Waals surface area (Å²) in [7, 11) is 1.62. The summed E-state index contributed by atoms with van der Waals surface area (Å²) in [4.78, 5) is 13.2. The van der Waals surface area contributed by atoms with Gasteiger partial charge in [0.15, 0.2) is 6.29 Å². The Bertz CT molecular complexity index is 399. The molecule has 0 aromatic rings. The summed E-state index contributed by atoms with van der Waals surface area (Å²) in [6, 6.07) is 0. The molecule has 9 heteroatoms. The fourth-order valence-corrected chi connectivity index (χ4v) is 2.85. The van der Waals surface area contributed by atoms with Crippen molar-refractivity contribution in [3.63, 3.8) is 0 Å². The van der Waals surface area contributed by atoms with Crippen molar-refractivity contribution in [2.75, 3.05) is 39.9 Å². The minimum Gasteiger partial charge on any atom is -0.395 e. The van der Waals surface area contributed by atoms with Crippen LogP contribution in [-0.4, -0.2) is 102 Å². The van der Waals surface area contributed by atoms with Gasteiger partial charge in [-0.1, -0.05) is 6.42 Å². The van der Waals surface area contributed by atoms with E-state index in [9.17, 15) is 25.2 Å². The molecule has 5 N–H and O–H groups in total. The van der Waals surface area contributed by atoms with Crippen LogP contribution < -0.4 is 5.32 Å². The molecule has 0 radical (unpaired) electrons. The van der Waals surface area contributed by atoms with Gasteiger partial charge in [-0.05, 0) is 26.3 Å². The summed E-state index contributed by atoms with van der Waals surface area (Å²) in [5.74, 6) is 0.0400. The van der Waals surface area contributed by atoms with Gasteiger partial charge in [-0.25, -0.2) is 0 Å². The van der Waals surface area contributed by atoms with Gasteiger partial charge >= 0.3 is 0 Å². The van der Waals surface area contributed by atoms with E-state index < -0.39 is 30.7 Å². The van der Waals surface area contributed by atoms with E-state index in [0.717, 1.165) is 25.8 Å². The zero-order valence-electron chi connectivity index (χ0n) is 15.7. The predicted octanol–water partition coefficient (Wildman–Crippen LogP) is -1.57. The van der Waals surface area contributed by atoms with Gasteiger partial charge in [0, 0.05) is 26.6 Å². The molecule has 1 fully saturated rings. The lowest BCUT2D eigenvalue weighted by molar-refractivity contribution is -0.293. The maximum atomic E-state index is 11.2. The molecule has 154 valence electrons. The van der Waals surface area contributed by atoms with Crippen LogP contribution in [0, 0.1) is 0 Å². The van der Waals surface area contributed by atoms with Crippen LogP contribution in [0.25, 0.3) is 0 Å². The Morgan fingerprint density at radius 2 is 1.81 bits per heavy atom. The summed E-state index contributed by atoms with van der Waals surface area (Å²) in [6.07, 6.45) is -2.23. The quantitative estimate of drug-likeness (QED) is 0.257. The van der Waals surface area contributed by atoms with E-state index >= 15 is 0 Å². The normalized spacial score (nSPS) is 29.1. The van der Waals surface area contributed by atoms with E-state index in [-0.39, 0.29) is 19.1 Å². The number of amides is 1. The van der Waals surface area contributed by atoms with Crippen molar-refractivity contribution in [3.05, 3.63) is 0 Å². The molecule has 0 aliphatic carbocycles. The molecule has 1 rings (SSSR count). The van der Waals surface area contributed by atoms with Gasteiger partial charge in [0.25, 0.3) is 0 Å². The zero-order chi connectivity index (χ0) is 19.5. The number of nitrogens with zero attached hydrogens (tertiary/aromatic N) is 1. The standard InChI is InChI=1S/C17H34N2O7/c1-12-14(22)15(23)16(24)17(26-12)25-11-9-19(8-10-20)7-5-3-4-6-13(21)18-2/h12,14-17,20,22-24H,3-11H2,1-2H3,(H,18,21)/t12-,14+,15+,16-,17+/m0/s1. The van der Waals surface area contributed by atoms with Gasteiger partial charge in [0.2, 0.25) is 5.91 Å². The predicted molar refractivity (Wildman–Crippen MR) is 94.4 cm³/mol. The minimum absolute atomic E-state index is 0.0305. The van der Waals surface area contributed by atoms with Crippen LogP contribution in [0.3, 0.4) is 0 Å². The van der Waals surface area contributed by atoms with Crippen LogP contribution in [0.2, 0.25) is 0 Å². The largest absolute Gasteiger partial charge is 0.395 e. The number of carbonyl (C=O) groups is 1. The van der Waals surface area contributed by atoms with Crippen molar-refractivity contribution >= 4 is 5.91 Å². The molecule has 5 atom stereocenters. The zero-order valence-corrected chi connectivity index (χ0v) is 15.7. The van der Waals surface area contributed by atoms with Crippen molar-refractivity contribution in [1.82, 2.24) is 10.2 Å². The molecule has 1 saturated heterocycles. The number of ether oxygens (including phenoxy) is 2. The first-order chi connectivity index (χ1) is 12.4. The first-order valence-electron chi connectivity index (χ1n) is 9.25. The van der Waals surface area contributed by atoms with Crippen molar-refractivity contribution in [3.8, 4) is 0 Å². The van der Waals surface area contributed by atoms with E-state index in [4.69, 9.17) is 9.47 Å². The first kappa shape index (κ1) is 23.2. The van der Waals surface area contributed by atoms with Crippen molar-refractivity contribution in [2.45, 2.75) is 63.3 Å². The van der Waals surface area contributed by atoms with Crippen LogP contribution >= 0.6 is 0 Å². The number of carbonyl (C=O) groups excluding carboxylic acids is 1. The number of aliphatic hydroxyl groups is 4. The van der Waals surface area contributed by atoms with Crippen LogP contribution in [0.5, 0.6) is 0 Å². The monoisotopic (exact) mass is 378 g/mol. The number of aliphatic hydroxyl groups excluding tert-OH is 4. The number of hydrogen-bond donors (Lipinski definition) is 5. The lowest BCUT2D eigenvalue weighted by Gasteiger charge is -2.39. The molecule has 0 aromatic heterocycles. The average molecular weight is 378 g/mol. The minimum atomic E-state index is -1.31.